The molecule has 0 saturated carbocycles. The summed E-state index contributed by atoms with van der Waals surface area (Å²) in [7, 11) is -1.04. The number of hydrogen-bond donors (Lipinski definition) is 3. The molecule has 15 nitrogen and oxygen atoms in total. The lowest BCUT2D eigenvalue weighted by Crippen LogP contribution is -2.57. The molecule has 17 heteroatoms. The molecule has 5 aromatic rings. The van der Waals surface area contributed by atoms with Gasteiger partial charge in [0.1, 0.15) is 24.8 Å². The lowest BCUT2D eigenvalue weighted by atomic mass is 9.90. The van der Waals surface area contributed by atoms with E-state index in [2.05, 4.69) is 87.7 Å². The molecule has 68 heavy (non-hydrogen) atoms. The Kier molecular flexibility index (Phi) is 13.4. The normalized spacial score (nSPS) is 19.4. The molecule has 0 aliphatic carbocycles. The molecule has 1 unspecified atom stereocenters. The van der Waals surface area contributed by atoms with E-state index in [-0.39, 0.29) is 18.2 Å². The summed E-state index contributed by atoms with van der Waals surface area (Å²) in [6.45, 7) is 18.6. The second-order valence-corrected chi connectivity index (χ2v) is 23.4. The van der Waals surface area contributed by atoms with E-state index in [0.29, 0.717) is 45.7 Å². The van der Waals surface area contributed by atoms with Crippen molar-refractivity contribution in [3.05, 3.63) is 93.2 Å². The Morgan fingerprint density at radius 2 is 1.68 bits per heavy atom. The van der Waals surface area contributed by atoms with Crippen LogP contribution < -0.4 is 30.9 Å². The van der Waals surface area contributed by atoms with Gasteiger partial charge in [-0.25, -0.2) is 4.98 Å². The van der Waals surface area contributed by atoms with Crippen LogP contribution >= 0.6 is 23.1 Å². The SMILES string of the molecule is CCc1cc(Nc2ncc(Br)c(Nc3ccc4nc(C)ccc4c3P(C)(C)=O)n2)c(OC)cc1N1CCC(N2CCN(CCc3ccc4c(c3)C(=O)N(C3CCC(=O)NC3=O)C4(C)C)CC2)CC1. The van der Waals surface area contributed by atoms with E-state index >= 15 is 0 Å². The van der Waals surface area contributed by atoms with E-state index in [1.54, 1.807) is 31.5 Å². The highest BCUT2D eigenvalue weighted by atomic mass is 79.9. The number of carbonyl (C=O) groups excluding carboxylic acids is 3. The summed E-state index contributed by atoms with van der Waals surface area (Å²) in [5.41, 5.74) is 7.66. The van der Waals surface area contributed by atoms with Gasteiger partial charge in [-0.15, -0.1) is 0 Å². The molecule has 6 heterocycles. The first kappa shape index (κ1) is 47.6. The predicted molar refractivity (Wildman–Crippen MR) is 273 cm³/mol. The highest BCUT2D eigenvalue weighted by Crippen LogP contribution is 2.44. The van der Waals surface area contributed by atoms with Crippen molar-refractivity contribution < 1.29 is 23.7 Å². The number of nitrogens with one attached hydrogen (secondary N) is 3. The van der Waals surface area contributed by atoms with Crippen LogP contribution in [0, 0.1) is 6.92 Å². The number of aryl methyl sites for hydroxylation is 2. The van der Waals surface area contributed by atoms with Crippen LogP contribution in [0.1, 0.15) is 79.2 Å². The smallest absolute Gasteiger partial charge is 0.255 e. The summed E-state index contributed by atoms with van der Waals surface area (Å²) in [6, 6.07) is 18.2. The maximum Gasteiger partial charge on any atom is 0.255 e. The zero-order valence-electron chi connectivity index (χ0n) is 40.1. The molecule has 3 N–H and O–H groups in total. The number of hydrogen-bond acceptors (Lipinski definition) is 13. The summed E-state index contributed by atoms with van der Waals surface area (Å²) < 4.78 is 20.3. The Hall–Kier alpha value is -5.41. The first-order chi connectivity index (χ1) is 32.5. The van der Waals surface area contributed by atoms with Gasteiger partial charge in [0, 0.05) is 98.2 Å². The van der Waals surface area contributed by atoms with Gasteiger partial charge in [0.25, 0.3) is 5.91 Å². The molecule has 4 aliphatic rings. The third-order valence-electron chi connectivity index (χ3n) is 14.3. The Morgan fingerprint density at radius 3 is 2.38 bits per heavy atom. The minimum atomic E-state index is -2.73. The van der Waals surface area contributed by atoms with Gasteiger partial charge >= 0.3 is 0 Å². The quantitative estimate of drug-likeness (QED) is 0.0777. The van der Waals surface area contributed by atoms with E-state index < -0.39 is 24.6 Å². The van der Waals surface area contributed by atoms with Crippen LogP contribution in [0.5, 0.6) is 5.75 Å². The van der Waals surface area contributed by atoms with Crippen molar-refractivity contribution in [2.24, 2.45) is 0 Å². The molecule has 3 amide bonds. The summed E-state index contributed by atoms with van der Waals surface area (Å²) in [4.78, 5) is 61.8. The molecule has 3 saturated heterocycles. The van der Waals surface area contributed by atoms with Crippen molar-refractivity contribution in [1.29, 1.82) is 0 Å². The number of nitrogens with zero attached hydrogens (tertiary/aromatic N) is 7. The summed E-state index contributed by atoms with van der Waals surface area (Å²) in [5.74, 6) is 0.828. The fourth-order valence-corrected chi connectivity index (χ4v) is 12.5. The van der Waals surface area contributed by atoms with Gasteiger partial charge in [-0.1, -0.05) is 25.1 Å². The molecule has 9 rings (SSSR count). The maximum absolute atomic E-state index is 13.8. The summed E-state index contributed by atoms with van der Waals surface area (Å²) in [6.07, 6.45) is 6.15. The zero-order valence-corrected chi connectivity index (χ0v) is 42.6. The molecule has 358 valence electrons. The Morgan fingerprint density at radius 1 is 0.912 bits per heavy atom. The van der Waals surface area contributed by atoms with Crippen molar-refractivity contribution in [1.82, 2.24) is 35.0 Å². The zero-order chi connectivity index (χ0) is 48.1. The number of benzene rings is 3. The van der Waals surface area contributed by atoms with Gasteiger partial charge in [0.05, 0.1) is 34.0 Å². The molecule has 3 fully saturated rings. The van der Waals surface area contributed by atoms with Crippen molar-refractivity contribution in [3.8, 4) is 5.75 Å². The number of amides is 3. The van der Waals surface area contributed by atoms with Crippen molar-refractivity contribution >= 4 is 85.8 Å². The van der Waals surface area contributed by atoms with E-state index in [1.807, 2.05) is 51.1 Å². The third kappa shape index (κ3) is 9.49. The standard InChI is InChI=1S/C51H62BrN10O5P/c1-8-33-28-41(56-50-53-30-38(52)47(58-50)55-40-14-13-39-35(11-9-31(2)54-39)46(40)68(6,7)66)44(67-5)29-43(33)61-21-18-34(19-22-61)60-25-23-59(24-26-60)20-17-32-10-12-37-36(27-32)49(65)62(51(37,3)4)42-15-16-45(63)57-48(42)64/h9-14,27-30,34,42H,8,15-26H2,1-7H3,(H,57,63,64)(H2,53,55,56,58). The molecule has 1 atom stereocenters. The highest BCUT2D eigenvalue weighted by molar-refractivity contribution is 9.10. The monoisotopic (exact) mass is 1000 g/mol. The first-order valence-corrected chi connectivity index (χ1v) is 27.2. The second-order valence-electron chi connectivity index (χ2n) is 19.4. The number of aromatic nitrogens is 3. The van der Waals surface area contributed by atoms with E-state index in [4.69, 9.17) is 9.72 Å². The average Bonchev–Trinajstić information content (AvgIpc) is 3.51. The number of ether oxygens (including phenoxy) is 1. The van der Waals surface area contributed by atoms with Crippen LogP contribution in [0.25, 0.3) is 10.9 Å². The van der Waals surface area contributed by atoms with E-state index in [1.165, 1.54) is 11.3 Å². The van der Waals surface area contributed by atoms with Crippen molar-refractivity contribution in [2.75, 3.05) is 81.8 Å². The molecule has 4 aliphatic heterocycles. The third-order valence-corrected chi connectivity index (χ3v) is 16.4. The van der Waals surface area contributed by atoms with Crippen molar-refractivity contribution in [3.63, 3.8) is 0 Å². The van der Waals surface area contributed by atoms with Crippen LogP contribution in [-0.2, 0) is 32.5 Å². The Labute approximate surface area is 407 Å². The van der Waals surface area contributed by atoms with Gasteiger partial charge in [-0.05, 0) is 129 Å². The largest absolute Gasteiger partial charge is 0.494 e. The number of piperidine rings is 2. The molecule has 0 bridgehead atoms. The fourth-order valence-electron chi connectivity index (χ4n) is 10.7. The summed E-state index contributed by atoms with van der Waals surface area (Å²) in [5, 5.41) is 10.9. The topological polar surface area (TPSA) is 165 Å². The molecule has 3 aromatic carbocycles. The van der Waals surface area contributed by atoms with E-state index in [9.17, 15) is 18.9 Å². The summed E-state index contributed by atoms with van der Waals surface area (Å²) >= 11 is 3.63. The lowest BCUT2D eigenvalue weighted by molar-refractivity contribution is -0.138. The molecule has 2 aromatic heterocycles. The first-order valence-electron chi connectivity index (χ1n) is 23.8. The number of carbonyl (C=O) groups is 3. The van der Waals surface area contributed by atoms with Crippen LogP contribution in [-0.4, -0.2) is 126 Å². The van der Waals surface area contributed by atoms with Crippen LogP contribution in [0.4, 0.5) is 28.8 Å². The molecular weight excluding hydrogens is 944 g/mol. The van der Waals surface area contributed by atoms with Gasteiger partial charge in [0.15, 0.2) is 0 Å². The van der Waals surface area contributed by atoms with Crippen LogP contribution in [0.3, 0.4) is 0 Å². The molecular formula is C51H62BrN10O5P. The Balaban J connectivity index is 0.797. The maximum atomic E-state index is 13.8. The minimum absolute atomic E-state index is 0.135. The second kappa shape index (κ2) is 19.2. The predicted octanol–water partition coefficient (Wildman–Crippen LogP) is 7.73. The number of methoxy groups -OCH3 is 1. The van der Waals surface area contributed by atoms with Gasteiger partial charge in [-0.3, -0.25) is 29.6 Å². The number of rotatable bonds is 13. The van der Waals surface area contributed by atoms with Crippen LogP contribution in [0.2, 0.25) is 0 Å². The van der Waals surface area contributed by atoms with Gasteiger partial charge < -0.3 is 34.6 Å². The highest BCUT2D eigenvalue weighted by Gasteiger charge is 2.49. The minimum Gasteiger partial charge on any atom is -0.494 e. The average molecular weight is 1010 g/mol. The molecule has 0 spiro atoms. The number of pyridine rings is 1. The Bertz CT molecular complexity index is 2840. The van der Waals surface area contributed by atoms with E-state index in [0.717, 1.165) is 110 Å². The lowest BCUT2D eigenvalue weighted by Gasteiger charge is -2.43. The number of piperazine rings is 1. The fraction of sp³-hybridized carbons (Fsp3) is 0.451. The number of imide groups is 1. The van der Waals surface area contributed by atoms with Gasteiger partial charge in [0.2, 0.25) is 17.8 Å². The number of anilines is 5. The number of fused-ring (bicyclic) bond motifs is 2. The number of halogens is 1. The molecule has 0 radical (unpaired) electrons. The van der Waals surface area contributed by atoms with Crippen LogP contribution in [0.15, 0.2) is 65.3 Å². The van der Waals surface area contributed by atoms with Crippen molar-refractivity contribution in [2.45, 2.75) is 83.8 Å². The van der Waals surface area contributed by atoms with Gasteiger partial charge in [-0.2, -0.15) is 4.98 Å².